The molecule has 42 heavy (non-hydrogen) atoms. The summed E-state index contributed by atoms with van der Waals surface area (Å²) in [6.07, 6.45) is 7.47. The number of allylic oxidation sites excluding steroid dienone is 4. The summed E-state index contributed by atoms with van der Waals surface area (Å²) in [6.45, 7) is 14.1. The molecule has 2 aliphatic rings. The molecule has 0 aromatic heterocycles. The van der Waals surface area contributed by atoms with E-state index >= 15 is 0 Å². The Morgan fingerprint density at radius 2 is 1.38 bits per heavy atom. The van der Waals surface area contributed by atoms with Gasteiger partial charge in [0.1, 0.15) is 0 Å². The number of aryl methyl sites for hydroxylation is 2. The van der Waals surface area contributed by atoms with Crippen LogP contribution in [0.25, 0.3) is 11.1 Å². The molecule has 0 nitrogen and oxygen atoms in total. The van der Waals surface area contributed by atoms with Gasteiger partial charge in [-0.2, -0.15) is 0 Å². The van der Waals surface area contributed by atoms with Crippen LogP contribution in [0.15, 0.2) is 112 Å². The van der Waals surface area contributed by atoms with Gasteiger partial charge < -0.3 is 24.8 Å². The van der Waals surface area contributed by atoms with E-state index < -0.39 is 21.3 Å². The molecule has 0 amide bonds. The van der Waals surface area contributed by atoms with Crippen molar-refractivity contribution < 1.29 is 46.1 Å². The Bertz CT molecular complexity index is 1640. The number of hydrogen-bond acceptors (Lipinski definition) is 0. The van der Waals surface area contributed by atoms with E-state index in [4.69, 9.17) is 0 Å². The van der Waals surface area contributed by atoms with Crippen molar-refractivity contribution in [3.05, 3.63) is 145 Å². The smallest absolute Gasteiger partial charge is 1.00 e. The van der Waals surface area contributed by atoms with Crippen LogP contribution in [0.3, 0.4) is 0 Å². The van der Waals surface area contributed by atoms with Crippen molar-refractivity contribution in [2.75, 3.05) is 0 Å². The van der Waals surface area contributed by atoms with E-state index in [1.54, 1.807) is 15.3 Å². The fourth-order valence-electron chi connectivity index (χ4n) is 6.64. The predicted octanol–water partition coefficient (Wildman–Crippen LogP) is 3.29. The van der Waals surface area contributed by atoms with Gasteiger partial charge in [-0.3, -0.25) is 0 Å². The monoisotopic (exact) mass is 668 g/mol. The maximum Gasteiger partial charge on any atom is -1.00 e. The van der Waals surface area contributed by atoms with Crippen LogP contribution in [0.1, 0.15) is 67.5 Å². The quantitative estimate of drug-likeness (QED) is 0.270. The Labute approximate surface area is 273 Å². The van der Waals surface area contributed by atoms with Crippen molar-refractivity contribution in [2.45, 2.75) is 54.4 Å². The molecule has 3 heteroatoms. The van der Waals surface area contributed by atoms with Gasteiger partial charge >= 0.3 is 250 Å². The molecule has 0 bridgehead atoms. The zero-order valence-corrected chi connectivity index (χ0v) is 29.5. The first-order chi connectivity index (χ1) is 19.3. The van der Waals surface area contributed by atoms with Gasteiger partial charge in [0.15, 0.2) is 0 Å². The second-order valence-electron chi connectivity index (χ2n) is 12.6. The van der Waals surface area contributed by atoms with E-state index in [-0.39, 0.29) is 30.2 Å². The molecule has 0 heterocycles. The van der Waals surface area contributed by atoms with E-state index in [2.05, 4.69) is 145 Å². The normalized spacial score (nSPS) is 14.8. The second-order valence-corrected chi connectivity index (χ2v) is 18.3. The molecule has 214 valence electrons. The third kappa shape index (κ3) is 6.04. The van der Waals surface area contributed by atoms with E-state index in [0.29, 0.717) is 5.92 Å². The fourth-order valence-corrected chi connectivity index (χ4v) is 15.7. The number of benzene rings is 4. The Balaban J connectivity index is 0.00000202. The first kappa shape index (κ1) is 32.6. The summed E-state index contributed by atoms with van der Waals surface area (Å²) in [5, 5.41) is 0. The molecule has 0 saturated heterocycles. The number of halogens is 2. The Kier molecular flexibility index (Phi) is 10.2. The second kappa shape index (κ2) is 13.1. The number of rotatable bonds is 5. The molecule has 2 aliphatic carbocycles. The van der Waals surface area contributed by atoms with Gasteiger partial charge in [-0.1, -0.05) is 0 Å². The molecule has 0 N–H and O–H groups in total. The van der Waals surface area contributed by atoms with Gasteiger partial charge in [-0.25, -0.2) is 0 Å². The molecule has 0 aliphatic heterocycles. The summed E-state index contributed by atoms with van der Waals surface area (Å²) in [5.41, 5.74) is 13.3. The van der Waals surface area contributed by atoms with E-state index in [1.165, 1.54) is 44.5 Å². The number of hydrogen-bond donors (Lipinski definition) is 0. The molecule has 0 radical (unpaired) electrons. The number of fused-ring (bicyclic) bond motifs is 3. The van der Waals surface area contributed by atoms with Gasteiger partial charge in [0.25, 0.3) is 0 Å². The molecular weight excluding hydrogens is 631 g/mol. The molecular formula is C39H40Cl2Zr. The predicted molar refractivity (Wildman–Crippen MR) is 169 cm³/mol. The first-order valence-corrected chi connectivity index (χ1v) is 18.5. The van der Waals surface area contributed by atoms with Gasteiger partial charge in [-0.15, -0.1) is 0 Å². The molecule has 6 rings (SSSR count). The molecule has 0 saturated carbocycles. The van der Waals surface area contributed by atoms with E-state index in [9.17, 15) is 0 Å². The summed E-state index contributed by atoms with van der Waals surface area (Å²) in [5.74, 6) is 0.507. The first-order valence-electron chi connectivity index (χ1n) is 14.8. The zero-order chi connectivity index (χ0) is 28.0. The molecule has 0 spiro atoms. The maximum atomic E-state index is 2.65. The van der Waals surface area contributed by atoms with Crippen LogP contribution < -0.4 is 28.1 Å². The molecule has 4 aromatic rings. The van der Waals surface area contributed by atoms with Crippen LogP contribution in [0.2, 0.25) is 0 Å². The van der Waals surface area contributed by atoms with Crippen LogP contribution in [0, 0.1) is 25.2 Å². The van der Waals surface area contributed by atoms with Crippen molar-refractivity contribution in [1.82, 2.24) is 0 Å². The van der Waals surface area contributed by atoms with Crippen LogP contribution in [0.4, 0.5) is 0 Å². The van der Waals surface area contributed by atoms with Gasteiger partial charge in [0.2, 0.25) is 0 Å². The minimum Gasteiger partial charge on any atom is -1.00 e. The van der Waals surface area contributed by atoms with Gasteiger partial charge in [-0.05, 0) is 0 Å². The summed E-state index contributed by atoms with van der Waals surface area (Å²) >= 11 is -2.76. The van der Waals surface area contributed by atoms with Crippen molar-refractivity contribution in [1.29, 1.82) is 0 Å². The minimum absolute atomic E-state index is 0. The van der Waals surface area contributed by atoms with Crippen LogP contribution >= 0.6 is 0 Å². The zero-order valence-electron chi connectivity index (χ0n) is 25.6. The molecule has 0 fully saturated rings. The molecule has 1 atom stereocenters. The summed E-state index contributed by atoms with van der Waals surface area (Å²) in [6, 6.07) is 34.5. The fraction of sp³-hybridized carbons (Fsp3) is 0.256. The Morgan fingerprint density at radius 3 is 1.95 bits per heavy atom. The van der Waals surface area contributed by atoms with E-state index in [0.717, 1.165) is 12.8 Å². The SMILES string of the molecule is CCC1C=C(C(C)(C)C)C=[C]1[Zr+2](=[C](c1ccccc1)c1ccccc1)[c]1c(C)ccc2c1Cc1cc(C)ccc1-2.[Cl-].[Cl-]. The van der Waals surface area contributed by atoms with Crippen LogP contribution in [-0.4, -0.2) is 3.21 Å². The van der Waals surface area contributed by atoms with Crippen molar-refractivity contribution in [3.8, 4) is 11.1 Å². The summed E-state index contributed by atoms with van der Waals surface area (Å²) in [7, 11) is 0. The third-order valence-corrected chi connectivity index (χ3v) is 17.0. The third-order valence-electron chi connectivity index (χ3n) is 8.75. The largest absolute Gasteiger partial charge is 1.00 e. The van der Waals surface area contributed by atoms with E-state index in [1.807, 2.05) is 0 Å². The van der Waals surface area contributed by atoms with Gasteiger partial charge in [0, 0.05) is 0 Å². The average molecular weight is 671 g/mol. The average Bonchev–Trinajstić information content (AvgIpc) is 3.54. The topological polar surface area (TPSA) is 0 Å². The minimum atomic E-state index is -2.76. The summed E-state index contributed by atoms with van der Waals surface area (Å²) < 4.78 is 5.05. The van der Waals surface area contributed by atoms with Crippen LogP contribution in [0.5, 0.6) is 0 Å². The summed E-state index contributed by atoms with van der Waals surface area (Å²) in [4.78, 5) is 0. The Hall–Kier alpha value is -2.31. The molecule has 1 unspecified atom stereocenters. The standard InChI is InChI=1S/C15H13.C13H10.C11H17.2ClH.Zr/c1-10-3-5-14-12(7-10)9-13-8-11(2)4-6-15(13)14;1-3-7-12(8-4-1)11-13-9-5-2-6-10-13;1-5-9-6-7-10(8-9)11(2,3)4;;;/h3-7H,9H2,1-2H3;1-10H;7-9H,5H2,1-4H3;2*1H;/q;;;;;+2/p-2. The van der Waals surface area contributed by atoms with Gasteiger partial charge in [0.05, 0.1) is 0 Å². The van der Waals surface area contributed by atoms with Crippen molar-refractivity contribution in [3.63, 3.8) is 0 Å². The van der Waals surface area contributed by atoms with Crippen molar-refractivity contribution >= 4 is 6.48 Å². The maximum absolute atomic E-state index is 2.76. The van der Waals surface area contributed by atoms with Crippen molar-refractivity contribution in [2.24, 2.45) is 11.3 Å². The Morgan fingerprint density at radius 1 is 0.786 bits per heavy atom. The van der Waals surface area contributed by atoms with Crippen LogP contribution in [-0.2, 0) is 27.7 Å². The molecule has 4 aromatic carbocycles.